The first kappa shape index (κ1) is 21.7. The van der Waals surface area contributed by atoms with Crippen LogP contribution < -0.4 is 10.6 Å². The van der Waals surface area contributed by atoms with Gasteiger partial charge >= 0.3 is 0 Å². The van der Waals surface area contributed by atoms with Crippen molar-refractivity contribution < 1.29 is 13.2 Å². The molecule has 5 nitrogen and oxygen atoms in total. The smallest absolute Gasteiger partial charge is 0.238 e. The summed E-state index contributed by atoms with van der Waals surface area (Å²) in [5.41, 5.74) is 0. The van der Waals surface area contributed by atoms with Gasteiger partial charge < -0.3 is 10.6 Å². The van der Waals surface area contributed by atoms with E-state index in [0.717, 1.165) is 19.3 Å². The third kappa shape index (κ3) is 6.22. The van der Waals surface area contributed by atoms with Gasteiger partial charge in [0.15, 0.2) is 9.84 Å². The van der Waals surface area contributed by atoms with Gasteiger partial charge in [0, 0.05) is 19.1 Å². The molecule has 152 valence electrons. The van der Waals surface area contributed by atoms with Gasteiger partial charge in [0.1, 0.15) is 5.25 Å². The topological polar surface area (TPSA) is 75.3 Å². The Kier molecular flexibility index (Phi) is 8.88. The van der Waals surface area contributed by atoms with E-state index >= 15 is 0 Å². The van der Waals surface area contributed by atoms with E-state index in [9.17, 15) is 13.2 Å². The standard InChI is InChI=1S/C20H38N2O3S/c1-16(2)19(26(24,25)18-12-8-5-9-13-18)20(23)22-15-14-21-17-10-6-3-4-7-11-17/h16-19,21H,3-15H2,1-2H3,(H,22,23). The Balaban J connectivity index is 1.83. The highest BCUT2D eigenvalue weighted by Crippen LogP contribution is 2.29. The van der Waals surface area contributed by atoms with Crippen molar-refractivity contribution in [1.82, 2.24) is 10.6 Å². The minimum atomic E-state index is -3.42. The van der Waals surface area contributed by atoms with Crippen molar-refractivity contribution in [1.29, 1.82) is 0 Å². The summed E-state index contributed by atoms with van der Waals surface area (Å²) in [6.07, 6.45) is 12.1. The van der Waals surface area contributed by atoms with Crippen molar-refractivity contribution in [3.05, 3.63) is 0 Å². The van der Waals surface area contributed by atoms with Gasteiger partial charge in [0.2, 0.25) is 5.91 Å². The van der Waals surface area contributed by atoms with Crippen LogP contribution in [0.2, 0.25) is 0 Å². The molecule has 0 heterocycles. The highest BCUT2D eigenvalue weighted by molar-refractivity contribution is 7.93. The van der Waals surface area contributed by atoms with E-state index < -0.39 is 15.1 Å². The van der Waals surface area contributed by atoms with E-state index in [1.165, 1.54) is 38.5 Å². The molecule has 0 aromatic rings. The second-order valence-corrected chi connectivity index (χ2v) is 10.8. The number of rotatable bonds is 8. The Hall–Kier alpha value is -0.620. The summed E-state index contributed by atoms with van der Waals surface area (Å²) in [7, 11) is -3.42. The molecular formula is C20H38N2O3S. The second-order valence-electron chi connectivity index (χ2n) is 8.45. The predicted molar refractivity (Wildman–Crippen MR) is 107 cm³/mol. The minimum absolute atomic E-state index is 0.197. The van der Waals surface area contributed by atoms with Crippen LogP contribution >= 0.6 is 0 Å². The number of nitrogens with one attached hydrogen (secondary N) is 2. The van der Waals surface area contributed by atoms with Gasteiger partial charge in [-0.3, -0.25) is 4.79 Å². The van der Waals surface area contributed by atoms with E-state index in [2.05, 4.69) is 10.6 Å². The molecule has 2 N–H and O–H groups in total. The summed E-state index contributed by atoms with van der Waals surface area (Å²) in [6.45, 7) is 4.90. The maximum Gasteiger partial charge on any atom is 0.238 e. The van der Waals surface area contributed by atoms with E-state index in [4.69, 9.17) is 0 Å². The Labute approximate surface area is 160 Å². The second kappa shape index (κ2) is 10.6. The van der Waals surface area contributed by atoms with Gasteiger partial charge in [-0.15, -0.1) is 0 Å². The Morgan fingerprint density at radius 1 is 0.885 bits per heavy atom. The van der Waals surface area contributed by atoms with Gasteiger partial charge in [0.05, 0.1) is 5.25 Å². The summed E-state index contributed by atoms with van der Waals surface area (Å²) in [6, 6.07) is 0.543. The number of hydrogen-bond donors (Lipinski definition) is 2. The van der Waals surface area contributed by atoms with Crippen molar-refractivity contribution in [2.24, 2.45) is 5.92 Å². The molecule has 26 heavy (non-hydrogen) atoms. The summed E-state index contributed by atoms with van der Waals surface area (Å²) >= 11 is 0. The zero-order valence-corrected chi connectivity index (χ0v) is 17.5. The molecule has 1 atom stereocenters. The molecule has 1 unspecified atom stereocenters. The molecule has 1 amide bonds. The SMILES string of the molecule is CC(C)C(C(=O)NCCNC1CCCCCC1)S(=O)(=O)C1CCCCC1. The lowest BCUT2D eigenvalue weighted by Crippen LogP contribution is -2.48. The fourth-order valence-corrected chi connectivity index (χ4v) is 7.02. The highest BCUT2D eigenvalue weighted by Gasteiger charge is 2.40. The molecule has 0 aromatic carbocycles. The fourth-order valence-electron chi connectivity index (χ4n) is 4.48. The summed E-state index contributed by atoms with van der Waals surface area (Å²) in [5, 5.41) is 5.16. The number of hydrogen-bond acceptors (Lipinski definition) is 4. The average molecular weight is 387 g/mol. The van der Waals surface area contributed by atoms with Crippen LogP contribution in [0.3, 0.4) is 0 Å². The lowest BCUT2D eigenvalue weighted by molar-refractivity contribution is -0.121. The normalized spacial score (nSPS) is 22.1. The molecule has 0 bridgehead atoms. The van der Waals surface area contributed by atoms with Crippen LogP contribution in [0, 0.1) is 5.92 Å². The molecule has 2 fully saturated rings. The van der Waals surface area contributed by atoms with Crippen LogP contribution in [0.4, 0.5) is 0 Å². The molecule has 6 heteroatoms. The fraction of sp³-hybridized carbons (Fsp3) is 0.950. The van der Waals surface area contributed by atoms with Crippen LogP contribution in [0.1, 0.15) is 84.5 Å². The summed E-state index contributed by atoms with van der Waals surface area (Å²) in [5.74, 6) is -0.509. The number of carbonyl (C=O) groups excluding carboxylic acids is 1. The zero-order valence-electron chi connectivity index (χ0n) is 16.6. The lowest BCUT2D eigenvalue weighted by Gasteiger charge is -2.28. The van der Waals surface area contributed by atoms with Gasteiger partial charge in [0.25, 0.3) is 0 Å². The van der Waals surface area contributed by atoms with E-state index in [-0.39, 0.29) is 17.1 Å². The van der Waals surface area contributed by atoms with E-state index in [1.807, 2.05) is 13.8 Å². The molecule has 2 rings (SSSR count). The van der Waals surface area contributed by atoms with Gasteiger partial charge in [-0.2, -0.15) is 0 Å². The average Bonchev–Trinajstić information content (AvgIpc) is 2.88. The van der Waals surface area contributed by atoms with Crippen molar-refractivity contribution in [2.75, 3.05) is 13.1 Å². The number of carbonyl (C=O) groups is 1. The van der Waals surface area contributed by atoms with E-state index in [1.54, 1.807) is 0 Å². The highest BCUT2D eigenvalue weighted by atomic mass is 32.2. The molecule has 2 aliphatic rings. The first-order chi connectivity index (χ1) is 12.4. The molecule has 0 aromatic heterocycles. The van der Waals surface area contributed by atoms with Crippen LogP contribution in [-0.4, -0.2) is 44.0 Å². The van der Waals surface area contributed by atoms with Crippen molar-refractivity contribution in [3.8, 4) is 0 Å². The Bertz CT molecular complexity index is 519. The molecule has 2 saturated carbocycles. The van der Waals surface area contributed by atoms with Gasteiger partial charge in [-0.1, -0.05) is 58.8 Å². The summed E-state index contributed by atoms with van der Waals surface area (Å²) in [4.78, 5) is 12.7. The van der Waals surface area contributed by atoms with Crippen LogP contribution in [0.25, 0.3) is 0 Å². The van der Waals surface area contributed by atoms with Gasteiger partial charge in [-0.25, -0.2) is 8.42 Å². The Morgan fingerprint density at radius 3 is 2.00 bits per heavy atom. The number of amides is 1. The summed E-state index contributed by atoms with van der Waals surface area (Å²) < 4.78 is 26.0. The van der Waals surface area contributed by atoms with Crippen LogP contribution in [0.15, 0.2) is 0 Å². The van der Waals surface area contributed by atoms with Crippen LogP contribution in [0.5, 0.6) is 0 Å². The molecule has 0 aliphatic heterocycles. The van der Waals surface area contributed by atoms with Crippen molar-refractivity contribution in [3.63, 3.8) is 0 Å². The maximum atomic E-state index is 13.0. The van der Waals surface area contributed by atoms with Gasteiger partial charge in [-0.05, 0) is 31.6 Å². The van der Waals surface area contributed by atoms with Crippen LogP contribution in [-0.2, 0) is 14.6 Å². The van der Waals surface area contributed by atoms with E-state index in [0.29, 0.717) is 32.0 Å². The van der Waals surface area contributed by atoms with Crippen molar-refractivity contribution >= 4 is 15.7 Å². The largest absolute Gasteiger partial charge is 0.354 e. The maximum absolute atomic E-state index is 13.0. The quantitative estimate of drug-likeness (QED) is 0.496. The predicted octanol–water partition coefficient (Wildman–Crippen LogP) is 3.19. The monoisotopic (exact) mass is 386 g/mol. The molecular weight excluding hydrogens is 348 g/mol. The third-order valence-electron chi connectivity index (χ3n) is 5.95. The molecule has 0 saturated heterocycles. The lowest BCUT2D eigenvalue weighted by atomic mass is 10.0. The third-order valence-corrected chi connectivity index (χ3v) is 8.81. The molecule has 0 radical (unpaired) electrons. The minimum Gasteiger partial charge on any atom is -0.354 e. The Morgan fingerprint density at radius 2 is 1.42 bits per heavy atom. The molecule has 2 aliphatic carbocycles. The first-order valence-electron chi connectivity index (χ1n) is 10.7. The van der Waals surface area contributed by atoms with Crippen molar-refractivity contribution in [2.45, 2.75) is 101 Å². The number of sulfone groups is 1. The first-order valence-corrected chi connectivity index (χ1v) is 12.3. The molecule has 0 spiro atoms. The zero-order chi connectivity index (χ0) is 19.0.